The monoisotopic (exact) mass is 410 g/mol. The summed E-state index contributed by atoms with van der Waals surface area (Å²) < 4.78 is 19.6. The van der Waals surface area contributed by atoms with Gasteiger partial charge in [-0.05, 0) is 48.7 Å². The van der Waals surface area contributed by atoms with Crippen molar-refractivity contribution in [1.82, 2.24) is 10.3 Å². The predicted octanol–water partition coefficient (Wildman–Crippen LogP) is 4.43. The highest BCUT2D eigenvalue weighted by Gasteiger charge is 2.24. The summed E-state index contributed by atoms with van der Waals surface area (Å²) in [6, 6.07) is 14.9. The fourth-order valence-corrected chi connectivity index (χ4v) is 4.22. The fraction of sp³-hybridized carbons (Fsp3) is 0.182. The first kappa shape index (κ1) is 19.1. The molecule has 2 aromatic heterocycles. The molecule has 0 aliphatic rings. The van der Waals surface area contributed by atoms with Gasteiger partial charge in [0.2, 0.25) is 0 Å². The number of carbonyl (C=O) groups is 2. The molecule has 0 saturated heterocycles. The number of amides is 1. The maximum Gasteiger partial charge on any atom is 0.329 e. The van der Waals surface area contributed by atoms with Crippen LogP contribution in [0.4, 0.5) is 4.39 Å². The number of halogens is 1. The van der Waals surface area contributed by atoms with E-state index >= 15 is 0 Å². The van der Waals surface area contributed by atoms with Crippen molar-refractivity contribution in [2.75, 3.05) is 6.61 Å². The van der Waals surface area contributed by atoms with Gasteiger partial charge in [-0.1, -0.05) is 18.2 Å². The molecule has 0 fully saturated rings. The van der Waals surface area contributed by atoms with Crippen molar-refractivity contribution in [2.45, 2.75) is 19.4 Å². The summed E-state index contributed by atoms with van der Waals surface area (Å²) in [5.74, 6) is -1.17. The number of ether oxygens (including phenoxy) is 1. The standard InChI is InChI=1S/C22H19FN2O3S/c1-2-28-22(27)18(12-16-10-14-9-15(23)7-8-17(14)24-16)25-21(26)20-11-13-5-3-4-6-19(13)29-20/h3-11,18,24H,2,12H2,1H3,(H,25,26)/t18-/m1/s1. The zero-order valence-corrected chi connectivity index (χ0v) is 16.5. The molecule has 0 aliphatic heterocycles. The minimum atomic E-state index is -0.856. The van der Waals surface area contributed by atoms with Crippen molar-refractivity contribution in [3.05, 3.63) is 71.0 Å². The molecule has 5 nitrogen and oxygen atoms in total. The number of rotatable bonds is 6. The Kier molecular flexibility index (Phi) is 5.31. The molecule has 2 heterocycles. The van der Waals surface area contributed by atoms with E-state index in [2.05, 4.69) is 10.3 Å². The Morgan fingerprint density at radius 3 is 2.76 bits per heavy atom. The zero-order valence-electron chi connectivity index (χ0n) is 15.7. The minimum Gasteiger partial charge on any atom is -0.464 e. The van der Waals surface area contributed by atoms with Crippen LogP contribution in [0.2, 0.25) is 0 Å². The molecule has 29 heavy (non-hydrogen) atoms. The van der Waals surface area contributed by atoms with Crippen molar-refractivity contribution >= 4 is 44.2 Å². The number of H-pyrrole nitrogens is 1. The molecule has 4 rings (SSSR count). The van der Waals surface area contributed by atoms with Gasteiger partial charge in [0, 0.05) is 27.7 Å². The number of nitrogens with one attached hydrogen (secondary N) is 2. The van der Waals surface area contributed by atoms with Gasteiger partial charge in [-0.2, -0.15) is 0 Å². The van der Waals surface area contributed by atoms with Gasteiger partial charge in [-0.15, -0.1) is 11.3 Å². The van der Waals surface area contributed by atoms with Crippen LogP contribution in [0.1, 0.15) is 22.3 Å². The topological polar surface area (TPSA) is 71.2 Å². The Hall–Kier alpha value is -3.19. The second-order valence-corrected chi connectivity index (χ2v) is 7.74. The number of aromatic amines is 1. The van der Waals surface area contributed by atoms with Gasteiger partial charge >= 0.3 is 5.97 Å². The smallest absolute Gasteiger partial charge is 0.329 e. The summed E-state index contributed by atoms with van der Waals surface area (Å²) in [7, 11) is 0. The Balaban J connectivity index is 1.57. The van der Waals surface area contributed by atoms with E-state index in [-0.39, 0.29) is 24.8 Å². The Bertz CT molecular complexity index is 1160. The number of benzene rings is 2. The molecule has 0 spiro atoms. The number of aromatic nitrogens is 1. The van der Waals surface area contributed by atoms with Gasteiger partial charge in [0.15, 0.2) is 0 Å². The SMILES string of the molecule is CCOC(=O)[C@@H](Cc1cc2cc(F)ccc2[nH]1)NC(=O)c1cc2ccccc2s1. The first-order valence-corrected chi connectivity index (χ1v) is 10.1. The summed E-state index contributed by atoms with van der Waals surface area (Å²) in [4.78, 5) is 28.9. The van der Waals surface area contributed by atoms with Gasteiger partial charge in [-0.25, -0.2) is 9.18 Å². The van der Waals surface area contributed by atoms with Crippen LogP contribution in [0.15, 0.2) is 54.6 Å². The lowest BCUT2D eigenvalue weighted by molar-refractivity contribution is -0.145. The quantitative estimate of drug-likeness (QED) is 0.462. The molecule has 2 N–H and O–H groups in total. The summed E-state index contributed by atoms with van der Waals surface area (Å²) in [6.45, 7) is 1.93. The van der Waals surface area contributed by atoms with Crippen LogP contribution in [-0.4, -0.2) is 29.5 Å². The highest BCUT2D eigenvalue weighted by Crippen LogP contribution is 2.25. The number of fused-ring (bicyclic) bond motifs is 2. The number of carbonyl (C=O) groups excluding carboxylic acids is 2. The second-order valence-electron chi connectivity index (χ2n) is 6.66. The summed E-state index contributed by atoms with van der Waals surface area (Å²) in [5.41, 5.74) is 1.47. The van der Waals surface area contributed by atoms with Crippen molar-refractivity contribution in [3.63, 3.8) is 0 Å². The molecule has 0 aliphatic carbocycles. The molecule has 7 heteroatoms. The molecule has 0 unspecified atom stereocenters. The first-order valence-electron chi connectivity index (χ1n) is 9.26. The zero-order chi connectivity index (χ0) is 20.4. The number of thiophene rings is 1. The van der Waals surface area contributed by atoms with Crippen LogP contribution in [0.25, 0.3) is 21.0 Å². The molecule has 2 aromatic carbocycles. The van der Waals surface area contributed by atoms with Crippen molar-refractivity contribution < 1.29 is 18.7 Å². The van der Waals surface area contributed by atoms with Crippen LogP contribution in [0.5, 0.6) is 0 Å². The number of esters is 1. The summed E-state index contributed by atoms with van der Waals surface area (Å²) in [6.07, 6.45) is 0.214. The van der Waals surface area contributed by atoms with E-state index < -0.39 is 12.0 Å². The normalized spacial score (nSPS) is 12.2. The Morgan fingerprint density at radius 1 is 1.14 bits per heavy atom. The van der Waals surface area contributed by atoms with E-state index in [9.17, 15) is 14.0 Å². The van der Waals surface area contributed by atoms with Gasteiger partial charge in [-0.3, -0.25) is 4.79 Å². The van der Waals surface area contributed by atoms with E-state index in [1.807, 2.05) is 30.3 Å². The molecular formula is C22H19FN2O3S. The average molecular weight is 410 g/mol. The van der Waals surface area contributed by atoms with Gasteiger partial charge in [0.25, 0.3) is 5.91 Å². The molecular weight excluding hydrogens is 391 g/mol. The molecule has 0 saturated carbocycles. The Labute approximate surface area is 170 Å². The maximum atomic E-state index is 13.4. The average Bonchev–Trinajstić information content (AvgIpc) is 3.30. The van der Waals surface area contributed by atoms with Crippen LogP contribution >= 0.6 is 11.3 Å². The van der Waals surface area contributed by atoms with Crippen LogP contribution in [0.3, 0.4) is 0 Å². The van der Waals surface area contributed by atoms with E-state index in [4.69, 9.17) is 4.74 Å². The van der Waals surface area contributed by atoms with Crippen LogP contribution < -0.4 is 5.32 Å². The van der Waals surface area contributed by atoms with E-state index in [1.165, 1.54) is 23.5 Å². The highest BCUT2D eigenvalue weighted by atomic mass is 32.1. The predicted molar refractivity (Wildman–Crippen MR) is 112 cm³/mol. The fourth-order valence-electron chi connectivity index (χ4n) is 3.25. The number of hydrogen-bond donors (Lipinski definition) is 2. The summed E-state index contributed by atoms with van der Waals surface area (Å²) >= 11 is 1.37. The van der Waals surface area contributed by atoms with Crippen molar-refractivity contribution in [1.29, 1.82) is 0 Å². The van der Waals surface area contributed by atoms with Gasteiger partial charge in [0.1, 0.15) is 11.9 Å². The molecule has 1 atom stereocenters. The minimum absolute atomic E-state index is 0.214. The van der Waals surface area contributed by atoms with Crippen molar-refractivity contribution in [2.24, 2.45) is 0 Å². The van der Waals surface area contributed by atoms with Gasteiger partial charge < -0.3 is 15.0 Å². The van der Waals surface area contributed by atoms with E-state index in [1.54, 1.807) is 19.1 Å². The highest BCUT2D eigenvalue weighted by molar-refractivity contribution is 7.20. The largest absolute Gasteiger partial charge is 0.464 e. The third-order valence-electron chi connectivity index (χ3n) is 4.59. The molecule has 148 valence electrons. The lowest BCUT2D eigenvalue weighted by atomic mass is 10.1. The number of hydrogen-bond acceptors (Lipinski definition) is 4. The second kappa shape index (κ2) is 8.05. The van der Waals surface area contributed by atoms with Gasteiger partial charge in [0.05, 0.1) is 11.5 Å². The van der Waals surface area contributed by atoms with Crippen molar-refractivity contribution in [3.8, 4) is 0 Å². The Morgan fingerprint density at radius 2 is 1.97 bits per heavy atom. The summed E-state index contributed by atoms with van der Waals surface area (Å²) in [5, 5.41) is 4.47. The lowest BCUT2D eigenvalue weighted by Gasteiger charge is -2.16. The molecule has 4 aromatic rings. The third-order valence-corrected chi connectivity index (χ3v) is 5.70. The maximum absolute atomic E-state index is 13.4. The van der Waals surface area contributed by atoms with Crippen LogP contribution in [-0.2, 0) is 16.0 Å². The third kappa shape index (κ3) is 4.14. The lowest BCUT2D eigenvalue weighted by Crippen LogP contribution is -2.43. The molecule has 0 radical (unpaired) electrons. The first-order chi connectivity index (χ1) is 14.0. The van der Waals surface area contributed by atoms with E-state index in [0.29, 0.717) is 16.0 Å². The van der Waals surface area contributed by atoms with E-state index in [0.717, 1.165) is 15.6 Å². The molecule has 0 bridgehead atoms. The van der Waals surface area contributed by atoms with Crippen LogP contribution in [0, 0.1) is 5.82 Å². The molecule has 1 amide bonds.